The van der Waals surface area contributed by atoms with Gasteiger partial charge in [0.1, 0.15) is 0 Å². The number of H-pyrrole nitrogens is 2. The molecule has 0 bridgehead atoms. The number of hydrogen-bond acceptors (Lipinski definition) is 5. The van der Waals surface area contributed by atoms with Crippen molar-refractivity contribution in [3.8, 4) is 0 Å². The van der Waals surface area contributed by atoms with Crippen LogP contribution in [-0.4, -0.2) is 40.6 Å². The van der Waals surface area contributed by atoms with Crippen LogP contribution < -0.4 is 22.1 Å². The van der Waals surface area contributed by atoms with Gasteiger partial charge in [-0.1, -0.05) is 13.0 Å². The van der Waals surface area contributed by atoms with Crippen LogP contribution in [0.1, 0.15) is 34.1 Å². The molecule has 1 aromatic heterocycles. The Hall–Kier alpha value is -3.20. The maximum Gasteiger partial charge on any atom is 0.323 e. The second-order valence-electron chi connectivity index (χ2n) is 6.56. The first-order valence-electron chi connectivity index (χ1n) is 9.16. The van der Waals surface area contributed by atoms with Crippen LogP contribution in [0.5, 0.6) is 0 Å². The number of para-hydroxylation sites is 1. The summed E-state index contributed by atoms with van der Waals surface area (Å²) >= 11 is 1.47. The molecule has 6 N–H and O–H groups in total. The molecule has 152 valence electrons. The van der Waals surface area contributed by atoms with Gasteiger partial charge in [0.15, 0.2) is 0 Å². The number of fused-ring (bicyclic) bond motifs is 1. The SMILES string of the molecule is CCC(CNC(=O)c1cc(N)ccc1SC)NC(=O)c1cccc2[nH]c(=O)[nH]c12. The van der Waals surface area contributed by atoms with Gasteiger partial charge in [-0.3, -0.25) is 9.59 Å². The maximum absolute atomic E-state index is 12.7. The van der Waals surface area contributed by atoms with Gasteiger partial charge in [0.05, 0.1) is 22.2 Å². The van der Waals surface area contributed by atoms with E-state index in [1.165, 1.54) is 11.8 Å². The number of carbonyl (C=O) groups is 2. The number of imidazole rings is 1. The highest BCUT2D eigenvalue weighted by Gasteiger charge is 2.18. The fourth-order valence-corrected chi connectivity index (χ4v) is 3.60. The number of hydrogen-bond donors (Lipinski definition) is 5. The summed E-state index contributed by atoms with van der Waals surface area (Å²) < 4.78 is 0. The van der Waals surface area contributed by atoms with Crippen LogP contribution in [0.15, 0.2) is 46.1 Å². The largest absolute Gasteiger partial charge is 0.399 e. The number of anilines is 1. The van der Waals surface area contributed by atoms with Crippen molar-refractivity contribution in [2.45, 2.75) is 24.3 Å². The second-order valence-corrected chi connectivity index (χ2v) is 7.40. The van der Waals surface area contributed by atoms with Crippen LogP contribution in [0, 0.1) is 0 Å². The number of rotatable bonds is 7. The van der Waals surface area contributed by atoms with Crippen molar-refractivity contribution in [1.29, 1.82) is 0 Å². The minimum Gasteiger partial charge on any atom is -0.399 e. The van der Waals surface area contributed by atoms with Gasteiger partial charge in [-0.2, -0.15) is 0 Å². The summed E-state index contributed by atoms with van der Waals surface area (Å²) in [7, 11) is 0. The van der Waals surface area contributed by atoms with E-state index in [0.717, 1.165) is 4.90 Å². The molecule has 2 aromatic carbocycles. The van der Waals surface area contributed by atoms with E-state index in [1.807, 2.05) is 19.2 Å². The average Bonchev–Trinajstić information content (AvgIpc) is 3.10. The number of aromatic amines is 2. The van der Waals surface area contributed by atoms with Crippen molar-refractivity contribution >= 4 is 40.3 Å². The molecule has 2 amide bonds. The van der Waals surface area contributed by atoms with Crippen molar-refractivity contribution in [3.05, 3.63) is 58.0 Å². The number of amides is 2. The molecule has 1 heterocycles. The maximum atomic E-state index is 12.7. The van der Waals surface area contributed by atoms with E-state index < -0.39 is 0 Å². The van der Waals surface area contributed by atoms with Crippen molar-refractivity contribution in [3.63, 3.8) is 0 Å². The Bertz CT molecular complexity index is 1100. The summed E-state index contributed by atoms with van der Waals surface area (Å²) in [5.41, 5.74) is 7.85. The number of nitrogens with one attached hydrogen (secondary N) is 4. The topological polar surface area (TPSA) is 133 Å². The predicted octanol–water partition coefficient (Wildman–Crippen LogP) is 2.10. The van der Waals surface area contributed by atoms with Crippen molar-refractivity contribution in [2.24, 2.45) is 0 Å². The molecular weight excluding hydrogens is 390 g/mol. The quantitative estimate of drug-likeness (QED) is 0.299. The van der Waals surface area contributed by atoms with Gasteiger partial charge >= 0.3 is 5.69 Å². The van der Waals surface area contributed by atoms with E-state index >= 15 is 0 Å². The number of thioether (sulfide) groups is 1. The standard InChI is InChI=1S/C20H23N5O3S/c1-3-12(10-22-18(26)14-9-11(21)7-8-16(14)29-2)23-19(27)13-5-4-6-15-17(13)25-20(28)24-15/h4-9,12H,3,10,21H2,1-2H3,(H,22,26)(H,23,27)(H2,24,25,28). The number of nitrogens with two attached hydrogens (primary N) is 1. The van der Waals surface area contributed by atoms with Crippen LogP contribution in [0.2, 0.25) is 0 Å². The van der Waals surface area contributed by atoms with Crippen LogP contribution in [-0.2, 0) is 0 Å². The molecule has 3 aromatic rings. The van der Waals surface area contributed by atoms with E-state index in [-0.39, 0.29) is 30.1 Å². The zero-order valence-electron chi connectivity index (χ0n) is 16.2. The minimum absolute atomic E-state index is 0.244. The Kier molecular flexibility index (Phi) is 6.28. The van der Waals surface area contributed by atoms with E-state index in [2.05, 4.69) is 20.6 Å². The Morgan fingerprint density at radius 3 is 2.66 bits per heavy atom. The van der Waals surface area contributed by atoms with Crippen LogP contribution in [0.25, 0.3) is 11.0 Å². The molecule has 0 saturated carbocycles. The van der Waals surface area contributed by atoms with E-state index in [4.69, 9.17) is 5.73 Å². The first kappa shape index (κ1) is 20.5. The fourth-order valence-electron chi connectivity index (χ4n) is 3.02. The lowest BCUT2D eigenvalue weighted by atomic mass is 10.1. The summed E-state index contributed by atoms with van der Waals surface area (Å²) in [5.74, 6) is -0.563. The first-order valence-corrected chi connectivity index (χ1v) is 10.4. The molecule has 0 fully saturated rings. The molecule has 0 radical (unpaired) electrons. The van der Waals surface area contributed by atoms with E-state index in [9.17, 15) is 14.4 Å². The summed E-state index contributed by atoms with van der Waals surface area (Å²) in [6.07, 6.45) is 2.52. The molecule has 0 aliphatic heterocycles. The third-order valence-electron chi connectivity index (χ3n) is 4.60. The summed E-state index contributed by atoms with van der Waals surface area (Å²) in [6.45, 7) is 2.19. The summed E-state index contributed by atoms with van der Waals surface area (Å²) in [6, 6.07) is 10.00. The fraction of sp³-hybridized carbons (Fsp3) is 0.250. The van der Waals surface area contributed by atoms with Crippen molar-refractivity contribution in [2.75, 3.05) is 18.5 Å². The first-order chi connectivity index (χ1) is 13.9. The van der Waals surface area contributed by atoms with Gasteiger partial charge in [0.2, 0.25) is 0 Å². The molecule has 8 nitrogen and oxygen atoms in total. The third kappa shape index (κ3) is 4.62. The molecule has 0 spiro atoms. The van der Waals surface area contributed by atoms with E-state index in [1.54, 1.807) is 30.3 Å². The molecule has 0 aliphatic rings. The number of benzene rings is 2. The minimum atomic E-state index is -0.369. The molecule has 9 heteroatoms. The highest BCUT2D eigenvalue weighted by molar-refractivity contribution is 7.98. The van der Waals surface area contributed by atoms with Gasteiger partial charge in [-0.15, -0.1) is 11.8 Å². The normalized spacial score (nSPS) is 11.9. The van der Waals surface area contributed by atoms with Crippen LogP contribution in [0.4, 0.5) is 5.69 Å². The Morgan fingerprint density at radius 2 is 1.93 bits per heavy atom. The van der Waals surface area contributed by atoms with Crippen LogP contribution in [0.3, 0.4) is 0 Å². The van der Waals surface area contributed by atoms with E-state index in [0.29, 0.717) is 34.3 Å². The second kappa shape index (κ2) is 8.87. The lowest BCUT2D eigenvalue weighted by Crippen LogP contribution is -2.43. The summed E-state index contributed by atoms with van der Waals surface area (Å²) in [5, 5.41) is 5.78. The van der Waals surface area contributed by atoms with Gasteiger partial charge in [0, 0.05) is 23.2 Å². The van der Waals surface area contributed by atoms with Gasteiger partial charge < -0.3 is 26.3 Å². The lowest BCUT2D eigenvalue weighted by Gasteiger charge is -2.18. The molecule has 0 saturated heterocycles. The van der Waals surface area contributed by atoms with Gasteiger partial charge in [-0.05, 0) is 43.0 Å². The van der Waals surface area contributed by atoms with Crippen LogP contribution >= 0.6 is 11.8 Å². The highest BCUT2D eigenvalue weighted by atomic mass is 32.2. The number of nitrogen functional groups attached to an aromatic ring is 1. The number of aromatic nitrogens is 2. The Morgan fingerprint density at radius 1 is 1.14 bits per heavy atom. The Balaban J connectivity index is 1.69. The zero-order valence-corrected chi connectivity index (χ0v) is 17.0. The molecular formula is C20H23N5O3S. The van der Waals surface area contributed by atoms with Gasteiger partial charge in [0.25, 0.3) is 11.8 Å². The molecule has 29 heavy (non-hydrogen) atoms. The Labute approximate surface area is 171 Å². The monoisotopic (exact) mass is 413 g/mol. The lowest BCUT2D eigenvalue weighted by molar-refractivity contribution is 0.0907. The zero-order chi connectivity index (χ0) is 21.0. The van der Waals surface area contributed by atoms with Gasteiger partial charge in [-0.25, -0.2) is 4.79 Å². The van der Waals surface area contributed by atoms with Crippen molar-refractivity contribution in [1.82, 2.24) is 20.6 Å². The van der Waals surface area contributed by atoms with Crippen molar-refractivity contribution < 1.29 is 9.59 Å². The molecule has 3 rings (SSSR count). The molecule has 0 aliphatic carbocycles. The highest BCUT2D eigenvalue weighted by Crippen LogP contribution is 2.22. The molecule has 1 unspecified atom stereocenters. The summed E-state index contributed by atoms with van der Waals surface area (Å²) in [4.78, 5) is 42.9. The molecule has 1 atom stereocenters. The predicted molar refractivity (Wildman–Crippen MR) is 115 cm³/mol. The average molecular weight is 414 g/mol. The number of carbonyl (C=O) groups excluding carboxylic acids is 2. The third-order valence-corrected chi connectivity index (χ3v) is 5.40. The smallest absolute Gasteiger partial charge is 0.323 e.